The normalized spacial score (nSPS) is 46.0. The van der Waals surface area contributed by atoms with Crippen LogP contribution >= 0.6 is 22.6 Å². The molecule has 12 fully saturated rings. The maximum Gasteiger partial charge on any atom is 0.434 e. The standard InChI is InChI=1S/C27H44N2O4.C27H46O4.C26H46N2O3.C2H6O.CH3I.H2N2.H2O.H2/c1-5-17-21-14-16(30)10-12-27(21,4)20-11-13-26(3)18(7-8-19(26)23(20)24(17)31)15(2)6-9-22-28-29-25(32)33-22;1-6-18-22-15-17(28)11-13-27(22,4)21-12-14-26(3)19(16(2)7-10-23(29)31-5)8-9-20(26)24(21)25(18)30;1-5-17-21-14-16(29)10-12-26(21,4)20-11-13-25(3)18(15(2)6-9-22(30)28-27)7-8-19(25)23(20)24(17)31;1-2-3;2*1-2;;/h15-21,23-24,30-31H,5-14H2,1-4H3,(H,29,32);16-22,24-25,28,30H,6-15H2,1-5H3;15-21,23-24,29,31H,5-14,27H2,1-4H3,(H,28,30);3H,2H2,1H3;1H3;1-2H;1H2;1H/t15-,16-,17-,18?,19?,20?,21+,23?,24-,26-,27-;16-,17-,18-,19?,20?,21?,22+,24?,25-,26-,27-;15-,16-,17-,18?,19?,20?,21+,23?,24-,25-,26-;;;;;/m111...../s1/i;;;;1D;;;. The number of ether oxygens (including phenoxy) is 1. The van der Waals surface area contributed by atoms with Gasteiger partial charge in [0.25, 0.3) is 0 Å². The van der Waals surface area contributed by atoms with Crippen molar-refractivity contribution in [2.45, 2.75) is 319 Å². The second-order valence-corrected chi connectivity index (χ2v) is 37.4. The lowest BCUT2D eigenvalue weighted by atomic mass is 9.41. The molecular weight excluding hydrogens is 1420 g/mol. The Hall–Kier alpha value is -2.15. The van der Waals surface area contributed by atoms with Gasteiger partial charge < -0.3 is 50.4 Å². The quantitative estimate of drug-likeness (QED) is 0.0148. The van der Waals surface area contributed by atoms with Gasteiger partial charge in [-0.3, -0.25) is 15.0 Å². The molecule has 1 heterocycles. The molecule has 15 N–H and O–H groups in total. The topological polar surface area (TPSA) is 361 Å². The number of aliphatic hydroxyl groups excluding tert-OH is 7. The first-order valence-electron chi connectivity index (χ1n) is 42.0. The van der Waals surface area contributed by atoms with Crippen LogP contribution < -0.4 is 17.0 Å². The lowest BCUT2D eigenvalue weighted by molar-refractivity contribution is -0.203. The van der Waals surface area contributed by atoms with Crippen molar-refractivity contribution < 1.29 is 62.8 Å². The molecule has 12 unspecified atom stereocenters. The number of fused-ring (bicyclic) bond motifs is 15. The maximum absolute atomic E-state index is 11.8. The van der Waals surface area contributed by atoms with E-state index in [9.17, 15) is 45.0 Å². The molecule has 0 spiro atoms. The van der Waals surface area contributed by atoms with Crippen LogP contribution in [-0.4, -0.2) is 119 Å². The van der Waals surface area contributed by atoms with Gasteiger partial charge in [-0.15, -0.1) is 5.10 Å². The van der Waals surface area contributed by atoms with Gasteiger partial charge in [-0.1, -0.05) is 125 Å². The molecule has 0 aromatic carbocycles. The summed E-state index contributed by atoms with van der Waals surface area (Å²) in [7, 11) is 1.48. The number of halogens is 1. The van der Waals surface area contributed by atoms with E-state index in [1.165, 1.54) is 84.2 Å². The fourth-order valence-corrected chi connectivity index (χ4v) is 29.0. The van der Waals surface area contributed by atoms with Crippen LogP contribution in [0.2, 0.25) is 0 Å². The minimum atomic E-state index is -0.470. The van der Waals surface area contributed by atoms with Crippen molar-refractivity contribution >= 4 is 34.5 Å². The highest BCUT2D eigenvalue weighted by atomic mass is 127. The van der Waals surface area contributed by atoms with Gasteiger partial charge in [-0.2, -0.15) is 0 Å². The van der Waals surface area contributed by atoms with Crippen molar-refractivity contribution in [2.24, 2.45) is 163 Å². The van der Waals surface area contributed by atoms with E-state index in [4.69, 9.17) is 32.5 Å². The van der Waals surface area contributed by atoms with Gasteiger partial charge in [0.2, 0.25) is 11.8 Å². The number of aliphatic hydroxyl groups is 7. The molecule has 12 saturated carbocycles. The predicted molar refractivity (Wildman–Crippen MR) is 415 cm³/mol. The minimum Gasteiger partial charge on any atom is -0.469 e. The van der Waals surface area contributed by atoms with Gasteiger partial charge in [0, 0.05) is 28.7 Å². The fourth-order valence-electron chi connectivity index (χ4n) is 29.0. The first kappa shape index (κ1) is 86.4. The van der Waals surface area contributed by atoms with Gasteiger partial charge in [0.1, 0.15) is 0 Å². The second-order valence-electron chi connectivity index (χ2n) is 37.4. The molecule has 0 bridgehead atoms. The van der Waals surface area contributed by atoms with Crippen LogP contribution in [0.25, 0.3) is 0 Å². The Labute approximate surface area is 637 Å². The Kier molecular flexibility index (Phi) is 30.9. The molecule has 19 nitrogen and oxygen atoms in total. The summed E-state index contributed by atoms with van der Waals surface area (Å²) >= 11 is 1.96. The number of alkyl halides is 1. The van der Waals surface area contributed by atoms with E-state index >= 15 is 0 Å². The fraction of sp³-hybridized carbons (Fsp3) is 0.952. The van der Waals surface area contributed by atoms with Gasteiger partial charge in [0.15, 0.2) is 0 Å². The number of hydrogen-bond acceptors (Lipinski definition) is 16. The molecular formula is C83H151IN6O13. The van der Waals surface area contributed by atoms with E-state index in [0.717, 1.165) is 96.3 Å². The van der Waals surface area contributed by atoms with E-state index in [1.54, 1.807) is 6.92 Å². The SMILES string of the molecule is CCO.CC[C@H]1[C@@H](O)C2C3CCC([C@H](C)CCC(=O)NN)[C@@]3(C)CCC2[C@@]2(C)CC[C@@H](O)C[C@@H]12.CC[C@H]1[C@@H](O)C2C3CCC([C@H](C)CCC(=O)OC)[C@@]3(C)CCC2[C@@]2(C)CC[C@@H](O)C[C@@H]12.CC[C@H]1[C@@H](O)C2C3CCC([C@H](C)CCc4n[nH]c(=O)o4)[C@@]3(C)CCC2[C@@]2(C)CC[C@@H](O)C[C@@H]12.N=N.O.[2H]CI.[HH]. The lowest BCUT2D eigenvalue weighted by Gasteiger charge is -2.64. The van der Waals surface area contributed by atoms with E-state index in [2.05, 4.69) is 98.7 Å². The number of aryl methyl sites for hydroxylation is 1. The highest BCUT2D eigenvalue weighted by molar-refractivity contribution is 14.1. The molecule has 1 aromatic heterocycles. The van der Waals surface area contributed by atoms with Gasteiger partial charge in [-0.25, -0.2) is 26.8 Å². The van der Waals surface area contributed by atoms with Crippen molar-refractivity contribution in [2.75, 3.05) is 18.6 Å². The van der Waals surface area contributed by atoms with Crippen LogP contribution in [0.5, 0.6) is 0 Å². The molecule has 0 radical (unpaired) electrons. The van der Waals surface area contributed by atoms with E-state index in [1.807, 2.05) is 22.6 Å². The minimum absolute atomic E-state index is 0. The van der Waals surface area contributed by atoms with Crippen LogP contribution in [0, 0.1) is 168 Å². The Bertz CT molecular complexity index is 2790. The molecule has 1 aromatic rings. The number of amides is 1. The largest absolute Gasteiger partial charge is 0.469 e. The predicted octanol–water partition coefficient (Wildman–Crippen LogP) is 14.8. The molecule has 0 aliphatic heterocycles. The molecule has 12 aliphatic carbocycles. The Balaban J connectivity index is 0.000000233. The van der Waals surface area contributed by atoms with E-state index < -0.39 is 5.76 Å². The molecule has 0 saturated heterocycles. The number of methoxy groups -OCH3 is 1. The summed E-state index contributed by atoms with van der Waals surface area (Å²) in [6.45, 7) is 30.7. The van der Waals surface area contributed by atoms with Crippen molar-refractivity contribution in [3.63, 3.8) is 0 Å². The van der Waals surface area contributed by atoms with Crippen LogP contribution in [-0.2, 0) is 20.7 Å². The zero-order valence-electron chi connectivity index (χ0n) is 67.3. The zero-order chi connectivity index (χ0) is 76.1. The number of carbonyl (C=O) groups is 2. The number of carbonyl (C=O) groups excluding carboxylic acids is 2. The third kappa shape index (κ3) is 16.8. The molecule has 12 aliphatic rings. The number of nitrogens with two attached hydrogens (primary N) is 1. The number of H-pyrrole nitrogens is 1. The van der Waals surface area contributed by atoms with Crippen LogP contribution in [0.15, 0.2) is 9.21 Å². The van der Waals surface area contributed by atoms with Gasteiger partial charge in [0.05, 0.1) is 43.7 Å². The third-order valence-electron chi connectivity index (χ3n) is 33.8. The second kappa shape index (κ2) is 36.8. The summed E-state index contributed by atoms with van der Waals surface area (Å²) in [4.78, 5) is 35.1. The number of hydrogen-bond donors (Lipinski definition) is 12. The van der Waals surface area contributed by atoms with Crippen molar-refractivity contribution in [3.05, 3.63) is 16.4 Å². The molecule has 33 atom stereocenters. The first-order valence-corrected chi connectivity index (χ1v) is 42.8. The molecule has 20 heteroatoms. The average Bonchev–Trinajstić information content (AvgIpc) is 1.70. The third-order valence-corrected chi connectivity index (χ3v) is 33.8. The maximum atomic E-state index is 11.8. The Morgan fingerprint density at radius 2 is 0.874 bits per heavy atom. The Morgan fingerprint density at radius 1 is 0.573 bits per heavy atom. The highest BCUT2D eigenvalue weighted by Crippen LogP contribution is 2.73. The summed E-state index contributed by atoms with van der Waals surface area (Å²) < 4.78 is 16.2. The molecule has 103 heavy (non-hydrogen) atoms. The number of hydrazine groups is 1. The van der Waals surface area contributed by atoms with Crippen LogP contribution in [0.3, 0.4) is 0 Å². The number of esters is 1. The van der Waals surface area contributed by atoms with E-state index in [0.29, 0.717) is 154 Å². The molecule has 13 rings (SSSR count). The highest BCUT2D eigenvalue weighted by Gasteiger charge is 2.69. The lowest BCUT2D eigenvalue weighted by Crippen LogP contribution is -2.62. The van der Waals surface area contributed by atoms with Crippen LogP contribution in [0.1, 0.15) is 285 Å². The van der Waals surface area contributed by atoms with Crippen molar-refractivity contribution in [1.29, 1.82) is 11.1 Å². The zero-order valence-corrected chi connectivity index (χ0v) is 68.4. The van der Waals surface area contributed by atoms with Crippen molar-refractivity contribution in [1.82, 2.24) is 15.6 Å². The summed E-state index contributed by atoms with van der Waals surface area (Å²) in [5.74, 6) is 15.6. The van der Waals surface area contributed by atoms with Gasteiger partial charge >= 0.3 is 11.7 Å². The molecule has 1 amide bonds. The summed E-state index contributed by atoms with van der Waals surface area (Å²) in [5.41, 5.74) is 13.9. The summed E-state index contributed by atoms with van der Waals surface area (Å²) in [5, 5.41) is 80.6. The number of aromatic amines is 1. The number of nitrogens with zero attached hydrogens (tertiary/aromatic N) is 1. The number of aromatic nitrogens is 2. The molecule has 598 valence electrons. The smallest absolute Gasteiger partial charge is 0.434 e. The average molecular weight is 1570 g/mol. The Morgan fingerprint density at radius 3 is 1.17 bits per heavy atom. The number of nitrogens with one attached hydrogen (secondary N) is 4. The van der Waals surface area contributed by atoms with Crippen LogP contribution in [0.4, 0.5) is 0 Å². The number of rotatable bonds is 15. The van der Waals surface area contributed by atoms with E-state index in [-0.39, 0.29) is 94.5 Å². The summed E-state index contributed by atoms with van der Waals surface area (Å²) in [6, 6.07) is 0. The van der Waals surface area contributed by atoms with Crippen molar-refractivity contribution in [3.8, 4) is 0 Å². The summed E-state index contributed by atoms with van der Waals surface area (Å²) in [6.07, 6.45) is 29.7. The monoisotopic (exact) mass is 1570 g/mol. The van der Waals surface area contributed by atoms with Gasteiger partial charge in [-0.05, 0) is 323 Å². The first-order chi connectivity index (χ1) is 48.8.